The van der Waals surface area contributed by atoms with Crippen molar-refractivity contribution < 1.29 is 9.90 Å². The van der Waals surface area contributed by atoms with E-state index in [2.05, 4.69) is 18.7 Å². The Labute approximate surface area is 137 Å². The Morgan fingerprint density at radius 3 is 2.61 bits per heavy atom. The van der Waals surface area contributed by atoms with E-state index in [1.165, 1.54) is 19.3 Å². The first-order valence-electron chi connectivity index (χ1n) is 8.57. The maximum Gasteiger partial charge on any atom is 0.152 e. The first kappa shape index (κ1) is 16.2. The summed E-state index contributed by atoms with van der Waals surface area (Å²) in [7, 11) is 0. The number of carbonyl (C=O) groups is 1. The Balaban J connectivity index is 1.75. The number of aliphatic hydroxyl groups excluding tert-OH is 1. The van der Waals surface area contributed by atoms with Crippen LogP contribution >= 0.6 is 0 Å². The lowest BCUT2D eigenvalue weighted by molar-refractivity contribution is 0.0352. The largest absolute Gasteiger partial charge is 0.390 e. The van der Waals surface area contributed by atoms with Crippen molar-refractivity contribution in [3.8, 4) is 0 Å². The van der Waals surface area contributed by atoms with Crippen molar-refractivity contribution in [2.75, 3.05) is 6.54 Å². The number of fused-ring (bicyclic) bond motifs is 1. The summed E-state index contributed by atoms with van der Waals surface area (Å²) in [5.41, 5.74) is 1.70. The number of hydrogen-bond donors (Lipinski definition) is 1. The molecular formula is C19H26N2O2. The molecule has 3 rings (SSSR count). The predicted octanol–water partition coefficient (Wildman–Crippen LogP) is 3.08. The van der Waals surface area contributed by atoms with Crippen LogP contribution in [0.5, 0.6) is 0 Å². The van der Waals surface area contributed by atoms with Gasteiger partial charge in [0.2, 0.25) is 0 Å². The average molecular weight is 314 g/mol. The number of aromatic nitrogens is 1. The summed E-state index contributed by atoms with van der Waals surface area (Å²) < 4.78 is 2.00. The number of likely N-dealkylation sites (tertiary alicyclic amines) is 1. The van der Waals surface area contributed by atoms with Gasteiger partial charge in [-0.25, -0.2) is 0 Å². The van der Waals surface area contributed by atoms with Crippen LogP contribution in [-0.2, 0) is 6.54 Å². The number of β-amino-alcohol motifs (C(OH)–C–C–N with tert-alkyl or cyclic N) is 1. The topological polar surface area (TPSA) is 45.5 Å². The van der Waals surface area contributed by atoms with Crippen LogP contribution in [0.3, 0.4) is 0 Å². The van der Waals surface area contributed by atoms with E-state index >= 15 is 0 Å². The van der Waals surface area contributed by atoms with Crippen LogP contribution in [0.1, 0.15) is 43.5 Å². The van der Waals surface area contributed by atoms with Gasteiger partial charge >= 0.3 is 0 Å². The summed E-state index contributed by atoms with van der Waals surface area (Å²) >= 11 is 0. The number of piperidine rings is 1. The molecule has 1 fully saturated rings. The smallest absolute Gasteiger partial charge is 0.152 e. The van der Waals surface area contributed by atoms with Crippen LogP contribution in [0.2, 0.25) is 0 Å². The molecule has 0 spiro atoms. The van der Waals surface area contributed by atoms with Crippen molar-refractivity contribution in [3.63, 3.8) is 0 Å². The predicted molar refractivity (Wildman–Crippen MR) is 92.8 cm³/mol. The third-order valence-corrected chi connectivity index (χ3v) is 5.15. The molecule has 4 nitrogen and oxygen atoms in total. The van der Waals surface area contributed by atoms with Gasteiger partial charge in [0.05, 0.1) is 6.10 Å². The molecule has 0 radical (unpaired) electrons. The van der Waals surface area contributed by atoms with Crippen LogP contribution in [0.4, 0.5) is 0 Å². The number of para-hydroxylation sites is 1. The van der Waals surface area contributed by atoms with Crippen molar-refractivity contribution in [1.82, 2.24) is 9.47 Å². The molecule has 0 bridgehead atoms. The maximum absolute atomic E-state index is 11.2. The lowest BCUT2D eigenvalue weighted by atomic mass is 9.97. The minimum Gasteiger partial charge on any atom is -0.390 e. The summed E-state index contributed by atoms with van der Waals surface area (Å²) in [5.74, 6) is 0. The van der Waals surface area contributed by atoms with Crippen molar-refractivity contribution >= 4 is 17.2 Å². The fourth-order valence-corrected chi connectivity index (χ4v) is 3.88. The first-order valence-corrected chi connectivity index (χ1v) is 8.57. The highest BCUT2D eigenvalue weighted by Gasteiger charge is 2.26. The minimum absolute atomic E-state index is 0.437. The van der Waals surface area contributed by atoms with E-state index in [1.54, 1.807) is 0 Å². The fourth-order valence-electron chi connectivity index (χ4n) is 3.88. The first-order chi connectivity index (χ1) is 11.1. The average Bonchev–Trinajstić information content (AvgIpc) is 2.89. The monoisotopic (exact) mass is 314 g/mol. The zero-order valence-electron chi connectivity index (χ0n) is 14.0. The van der Waals surface area contributed by atoms with E-state index in [0.29, 0.717) is 30.7 Å². The highest BCUT2D eigenvalue weighted by molar-refractivity contribution is 5.97. The quantitative estimate of drug-likeness (QED) is 0.863. The van der Waals surface area contributed by atoms with E-state index < -0.39 is 6.10 Å². The van der Waals surface area contributed by atoms with E-state index in [0.717, 1.165) is 17.2 Å². The lowest BCUT2D eigenvalue weighted by Gasteiger charge is -2.40. The second kappa shape index (κ2) is 6.85. The molecule has 0 amide bonds. The summed E-state index contributed by atoms with van der Waals surface area (Å²) in [6, 6.07) is 8.92. The molecule has 23 heavy (non-hydrogen) atoms. The summed E-state index contributed by atoms with van der Waals surface area (Å²) in [5, 5.41) is 11.5. The summed E-state index contributed by atoms with van der Waals surface area (Å²) in [6.07, 6.45) is 6.00. The van der Waals surface area contributed by atoms with Crippen molar-refractivity contribution in [2.45, 2.75) is 57.8 Å². The Morgan fingerprint density at radius 2 is 1.91 bits per heavy atom. The third-order valence-electron chi connectivity index (χ3n) is 5.15. The number of carbonyl (C=O) groups excluding carboxylic acids is 1. The maximum atomic E-state index is 11.2. The van der Waals surface area contributed by atoms with E-state index in [-0.39, 0.29) is 0 Å². The molecule has 1 aromatic heterocycles. The van der Waals surface area contributed by atoms with Gasteiger partial charge in [-0.3, -0.25) is 9.69 Å². The normalized spacial score (nSPS) is 24.0. The Bertz CT molecular complexity index is 669. The third kappa shape index (κ3) is 3.33. The highest BCUT2D eigenvalue weighted by atomic mass is 16.3. The SMILES string of the molecule is C[C@@H]1CCC[C@H](C)N1C[C@@H](O)Cn1cc(C=O)c2ccccc21. The molecule has 0 saturated carbocycles. The summed E-state index contributed by atoms with van der Waals surface area (Å²) in [4.78, 5) is 13.7. The van der Waals surface area contributed by atoms with Gasteiger partial charge in [0.15, 0.2) is 6.29 Å². The molecule has 2 heterocycles. The Morgan fingerprint density at radius 1 is 1.22 bits per heavy atom. The van der Waals surface area contributed by atoms with Gasteiger partial charge in [0, 0.05) is 47.8 Å². The molecule has 2 aromatic rings. The van der Waals surface area contributed by atoms with Crippen LogP contribution in [0, 0.1) is 0 Å². The van der Waals surface area contributed by atoms with Crippen LogP contribution in [0.15, 0.2) is 30.5 Å². The van der Waals surface area contributed by atoms with Gasteiger partial charge in [-0.2, -0.15) is 0 Å². The molecule has 0 unspecified atom stereocenters. The van der Waals surface area contributed by atoms with Gasteiger partial charge in [-0.1, -0.05) is 24.6 Å². The Hall–Kier alpha value is -1.65. The number of aldehydes is 1. The molecule has 1 N–H and O–H groups in total. The molecule has 4 heteroatoms. The van der Waals surface area contributed by atoms with Gasteiger partial charge < -0.3 is 9.67 Å². The molecule has 1 saturated heterocycles. The standard InChI is InChI=1S/C19H26N2O2/c1-14-6-5-7-15(2)21(14)12-17(23)11-20-10-16(13-22)18-8-3-4-9-19(18)20/h3-4,8-10,13-15,17,23H,5-7,11-12H2,1-2H3/t14-,15+,17-/m0/s1. The second-order valence-electron chi connectivity index (χ2n) is 6.85. The molecular weight excluding hydrogens is 288 g/mol. The fraction of sp³-hybridized carbons (Fsp3) is 0.526. The number of nitrogens with zero attached hydrogens (tertiary/aromatic N) is 2. The lowest BCUT2D eigenvalue weighted by Crippen LogP contribution is -2.47. The van der Waals surface area contributed by atoms with Gasteiger partial charge in [0.1, 0.15) is 0 Å². The molecule has 1 aliphatic rings. The number of benzene rings is 1. The molecule has 0 aliphatic carbocycles. The Kier molecular flexibility index (Phi) is 4.83. The molecule has 124 valence electrons. The van der Waals surface area contributed by atoms with Crippen molar-refractivity contribution in [2.24, 2.45) is 0 Å². The highest BCUT2D eigenvalue weighted by Crippen LogP contribution is 2.24. The van der Waals surface area contributed by atoms with Gasteiger partial charge in [-0.05, 0) is 32.8 Å². The molecule has 1 aromatic carbocycles. The van der Waals surface area contributed by atoms with E-state index in [9.17, 15) is 9.90 Å². The van der Waals surface area contributed by atoms with Crippen molar-refractivity contribution in [3.05, 3.63) is 36.0 Å². The van der Waals surface area contributed by atoms with Crippen molar-refractivity contribution in [1.29, 1.82) is 0 Å². The minimum atomic E-state index is -0.437. The molecule has 3 atom stereocenters. The summed E-state index contributed by atoms with van der Waals surface area (Å²) in [6.45, 7) is 5.70. The van der Waals surface area contributed by atoms with Crippen LogP contribution in [0.25, 0.3) is 10.9 Å². The van der Waals surface area contributed by atoms with Gasteiger partial charge in [-0.15, -0.1) is 0 Å². The van der Waals surface area contributed by atoms with Crippen LogP contribution < -0.4 is 0 Å². The van der Waals surface area contributed by atoms with Crippen LogP contribution in [-0.4, -0.2) is 45.6 Å². The number of rotatable bonds is 5. The van der Waals surface area contributed by atoms with E-state index in [1.807, 2.05) is 35.0 Å². The zero-order chi connectivity index (χ0) is 16.4. The van der Waals surface area contributed by atoms with Gasteiger partial charge in [0.25, 0.3) is 0 Å². The molecule has 1 aliphatic heterocycles. The number of hydrogen-bond acceptors (Lipinski definition) is 3. The zero-order valence-corrected chi connectivity index (χ0v) is 14.0. The second-order valence-corrected chi connectivity index (χ2v) is 6.85. The number of aliphatic hydroxyl groups is 1. The van der Waals surface area contributed by atoms with E-state index in [4.69, 9.17) is 0 Å².